The largest absolute Gasteiger partial charge is 0.449 e. The molecule has 0 aliphatic heterocycles. The number of rotatable bonds is 5. The zero-order valence-corrected chi connectivity index (χ0v) is 18.2. The molecule has 1 unspecified atom stereocenters. The van der Waals surface area contributed by atoms with E-state index in [1.807, 2.05) is 37.3 Å². The van der Waals surface area contributed by atoms with E-state index in [9.17, 15) is 14.9 Å². The minimum absolute atomic E-state index is 0.200. The lowest BCUT2D eigenvalue weighted by molar-refractivity contribution is -0.123. The minimum atomic E-state index is -1.12. The Morgan fingerprint density at radius 1 is 1.12 bits per heavy atom. The fourth-order valence-corrected chi connectivity index (χ4v) is 3.33. The van der Waals surface area contributed by atoms with Gasteiger partial charge in [0, 0.05) is 5.56 Å². The van der Waals surface area contributed by atoms with Crippen LogP contribution in [0.1, 0.15) is 34.1 Å². The maximum absolute atomic E-state index is 13.1. The summed E-state index contributed by atoms with van der Waals surface area (Å²) < 4.78 is 10.8. The van der Waals surface area contributed by atoms with Crippen LogP contribution >= 0.6 is 0 Å². The van der Waals surface area contributed by atoms with E-state index >= 15 is 0 Å². The molecule has 8 nitrogen and oxygen atoms in total. The van der Waals surface area contributed by atoms with Gasteiger partial charge < -0.3 is 14.6 Å². The van der Waals surface area contributed by atoms with Gasteiger partial charge in [0.1, 0.15) is 6.07 Å². The number of carbonyl (C=O) groups is 2. The number of aryl methyl sites for hydroxylation is 2. The first-order chi connectivity index (χ1) is 15.9. The van der Waals surface area contributed by atoms with Crippen molar-refractivity contribution in [3.8, 4) is 17.3 Å². The zero-order valence-electron chi connectivity index (χ0n) is 18.2. The predicted molar refractivity (Wildman–Crippen MR) is 121 cm³/mol. The Balaban J connectivity index is 1.62. The Hall–Kier alpha value is -4.51. The Morgan fingerprint density at radius 2 is 1.85 bits per heavy atom. The molecule has 0 saturated heterocycles. The van der Waals surface area contributed by atoms with E-state index in [2.05, 4.69) is 15.5 Å². The van der Waals surface area contributed by atoms with Crippen molar-refractivity contribution in [2.75, 3.05) is 5.32 Å². The number of aromatic nitrogens is 2. The summed E-state index contributed by atoms with van der Waals surface area (Å²) in [7, 11) is 0. The Labute approximate surface area is 189 Å². The molecule has 0 saturated carbocycles. The third-order valence-electron chi connectivity index (χ3n) is 5.14. The van der Waals surface area contributed by atoms with Crippen molar-refractivity contribution in [2.45, 2.75) is 26.9 Å². The van der Waals surface area contributed by atoms with Crippen LogP contribution in [0.15, 0.2) is 59.1 Å². The molecule has 0 fully saturated rings. The van der Waals surface area contributed by atoms with Gasteiger partial charge in [0.15, 0.2) is 6.10 Å². The van der Waals surface area contributed by atoms with E-state index in [-0.39, 0.29) is 11.3 Å². The number of nitrogens with zero attached hydrogens (tertiary/aromatic N) is 3. The first kappa shape index (κ1) is 21.7. The number of carbonyl (C=O) groups excluding carboxylic acids is 2. The summed E-state index contributed by atoms with van der Waals surface area (Å²) in [6.45, 7) is 5.14. The van der Waals surface area contributed by atoms with Crippen molar-refractivity contribution in [3.63, 3.8) is 0 Å². The second-order valence-electron chi connectivity index (χ2n) is 7.56. The van der Waals surface area contributed by atoms with Crippen molar-refractivity contribution in [2.24, 2.45) is 0 Å². The zero-order chi connectivity index (χ0) is 23.5. The van der Waals surface area contributed by atoms with Gasteiger partial charge in [0.25, 0.3) is 11.6 Å². The molecule has 1 N–H and O–H groups in total. The van der Waals surface area contributed by atoms with Crippen LogP contribution in [0.25, 0.3) is 22.4 Å². The molecule has 2 aromatic heterocycles. The summed E-state index contributed by atoms with van der Waals surface area (Å²) in [4.78, 5) is 30.2. The van der Waals surface area contributed by atoms with Gasteiger partial charge in [-0.3, -0.25) is 4.79 Å². The molecule has 0 aliphatic carbocycles. The summed E-state index contributed by atoms with van der Waals surface area (Å²) in [5.41, 5.74) is 3.95. The number of nitrogens with one attached hydrogen (secondary N) is 1. The van der Waals surface area contributed by atoms with E-state index < -0.39 is 18.0 Å². The average Bonchev–Trinajstić information content (AvgIpc) is 3.19. The molecular weight excluding hydrogens is 420 g/mol. The van der Waals surface area contributed by atoms with Crippen LogP contribution in [0.5, 0.6) is 0 Å². The molecule has 0 spiro atoms. The first-order valence-corrected chi connectivity index (χ1v) is 10.2. The SMILES string of the molecule is Cc1ccc(-c2cc(C(=O)OC(C)C(=O)Nc3ccccc3C#N)c3c(C)noc3n2)cc1. The number of anilines is 1. The van der Waals surface area contributed by atoms with Gasteiger partial charge in [0.2, 0.25) is 0 Å². The van der Waals surface area contributed by atoms with Crippen LogP contribution in [-0.4, -0.2) is 28.1 Å². The fraction of sp³-hybridized carbons (Fsp3) is 0.160. The van der Waals surface area contributed by atoms with Crippen LogP contribution in [0, 0.1) is 25.2 Å². The van der Waals surface area contributed by atoms with Gasteiger partial charge in [-0.1, -0.05) is 47.1 Å². The number of ether oxygens (including phenoxy) is 1. The lowest BCUT2D eigenvalue weighted by Crippen LogP contribution is -2.30. The highest BCUT2D eigenvalue weighted by molar-refractivity contribution is 6.05. The lowest BCUT2D eigenvalue weighted by atomic mass is 10.0. The first-order valence-electron chi connectivity index (χ1n) is 10.2. The molecule has 164 valence electrons. The van der Waals surface area contributed by atoms with Crippen molar-refractivity contribution in [3.05, 3.63) is 77.0 Å². The number of hydrogen-bond donors (Lipinski definition) is 1. The smallest absolute Gasteiger partial charge is 0.339 e. The molecule has 4 aromatic rings. The maximum Gasteiger partial charge on any atom is 0.339 e. The maximum atomic E-state index is 13.1. The Bertz CT molecular complexity index is 1400. The van der Waals surface area contributed by atoms with E-state index in [0.29, 0.717) is 28.0 Å². The summed E-state index contributed by atoms with van der Waals surface area (Å²) in [6.07, 6.45) is -1.12. The second-order valence-corrected chi connectivity index (χ2v) is 7.56. The van der Waals surface area contributed by atoms with Crippen molar-refractivity contribution < 1.29 is 18.8 Å². The minimum Gasteiger partial charge on any atom is -0.449 e. The average molecular weight is 440 g/mol. The van der Waals surface area contributed by atoms with Gasteiger partial charge >= 0.3 is 5.97 Å². The van der Waals surface area contributed by atoms with Crippen molar-refractivity contribution in [1.82, 2.24) is 10.1 Å². The number of hydrogen-bond acceptors (Lipinski definition) is 7. The molecule has 2 aromatic carbocycles. The van der Waals surface area contributed by atoms with Crippen molar-refractivity contribution >= 4 is 28.7 Å². The highest BCUT2D eigenvalue weighted by atomic mass is 16.5. The molecule has 33 heavy (non-hydrogen) atoms. The third kappa shape index (κ3) is 4.43. The molecular formula is C25H20N4O4. The normalized spacial score (nSPS) is 11.6. The van der Waals surface area contributed by atoms with Crippen LogP contribution in [0.3, 0.4) is 0 Å². The quantitative estimate of drug-likeness (QED) is 0.452. The van der Waals surface area contributed by atoms with E-state index in [0.717, 1.165) is 11.1 Å². The molecule has 0 radical (unpaired) electrons. The van der Waals surface area contributed by atoms with E-state index in [1.54, 1.807) is 37.3 Å². The summed E-state index contributed by atoms with van der Waals surface area (Å²) >= 11 is 0. The van der Waals surface area contributed by atoms with Gasteiger partial charge in [-0.2, -0.15) is 5.26 Å². The lowest BCUT2D eigenvalue weighted by Gasteiger charge is -2.15. The Morgan fingerprint density at radius 3 is 2.58 bits per heavy atom. The number of nitriles is 1. The van der Waals surface area contributed by atoms with Crippen molar-refractivity contribution in [1.29, 1.82) is 5.26 Å². The number of pyridine rings is 1. The van der Waals surface area contributed by atoms with Crippen LogP contribution in [-0.2, 0) is 9.53 Å². The molecule has 1 atom stereocenters. The molecule has 4 rings (SSSR count). The third-order valence-corrected chi connectivity index (χ3v) is 5.14. The fourth-order valence-electron chi connectivity index (χ4n) is 3.33. The number of para-hydroxylation sites is 1. The molecule has 0 aliphatic rings. The van der Waals surface area contributed by atoms with Gasteiger partial charge in [-0.25, -0.2) is 9.78 Å². The van der Waals surface area contributed by atoms with E-state index in [4.69, 9.17) is 9.26 Å². The predicted octanol–water partition coefficient (Wildman–Crippen LogP) is 4.56. The van der Waals surface area contributed by atoms with Gasteiger partial charge in [-0.15, -0.1) is 0 Å². The number of esters is 1. The van der Waals surface area contributed by atoms with E-state index in [1.165, 1.54) is 6.92 Å². The number of fused-ring (bicyclic) bond motifs is 1. The standard InChI is InChI=1S/C25H20N4O4/c1-14-8-10-17(11-9-14)21-12-19(22-15(2)29-33-24(22)28-21)25(31)32-16(3)23(30)27-20-7-5-4-6-18(20)13-26/h4-12,16H,1-3H3,(H,27,30). The summed E-state index contributed by atoms with van der Waals surface area (Å²) in [5.74, 6) is -1.27. The highest BCUT2D eigenvalue weighted by Crippen LogP contribution is 2.28. The topological polar surface area (TPSA) is 118 Å². The Kier molecular flexibility index (Phi) is 5.87. The molecule has 8 heteroatoms. The molecule has 2 heterocycles. The number of benzene rings is 2. The summed E-state index contributed by atoms with van der Waals surface area (Å²) in [6, 6.07) is 17.9. The highest BCUT2D eigenvalue weighted by Gasteiger charge is 2.25. The summed E-state index contributed by atoms with van der Waals surface area (Å²) in [5, 5.41) is 16.2. The van der Waals surface area contributed by atoms with Crippen LogP contribution in [0.4, 0.5) is 5.69 Å². The monoisotopic (exact) mass is 440 g/mol. The van der Waals surface area contributed by atoms with Crippen LogP contribution < -0.4 is 5.32 Å². The molecule has 1 amide bonds. The van der Waals surface area contributed by atoms with Crippen LogP contribution in [0.2, 0.25) is 0 Å². The second kappa shape index (κ2) is 8.93. The molecule has 0 bridgehead atoms. The van der Waals surface area contributed by atoms with Gasteiger partial charge in [-0.05, 0) is 39.0 Å². The number of amides is 1. The van der Waals surface area contributed by atoms with Gasteiger partial charge in [0.05, 0.1) is 33.6 Å².